The van der Waals surface area contributed by atoms with Gasteiger partial charge in [-0.2, -0.15) is 0 Å². The number of carboxylic acids is 1. The average molecular weight is 292 g/mol. The molecule has 0 spiro atoms. The summed E-state index contributed by atoms with van der Waals surface area (Å²) in [4.78, 5) is 26.7. The molecular formula is C16H24N2O3. The Bertz CT molecular complexity index is 502. The van der Waals surface area contributed by atoms with Crippen LogP contribution in [0.15, 0.2) is 24.3 Å². The number of anilines is 1. The van der Waals surface area contributed by atoms with Gasteiger partial charge in [-0.25, -0.2) is 4.79 Å². The number of para-hydroxylation sites is 1. The Kier molecular flexibility index (Phi) is 6.21. The fourth-order valence-corrected chi connectivity index (χ4v) is 2.05. The van der Waals surface area contributed by atoms with Crippen molar-refractivity contribution >= 4 is 17.7 Å². The van der Waals surface area contributed by atoms with Crippen LogP contribution in [0.25, 0.3) is 0 Å². The predicted molar refractivity (Wildman–Crippen MR) is 83.7 cm³/mol. The van der Waals surface area contributed by atoms with E-state index in [0.29, 0.717) is 0 Å². The molecule has 0 aliphatic carbocycles. The van der Waals surface area contributed by atoms with Gasteiger partial charge >= 0.3 is 12.0 Å². The fraction of sp³-hybridized carbons (Fsp3) is 0.500. The second kappa shape index (κ2) is 7.67. The zero-order valence-electron chi connectivity index (χ0n) is 13.2. The lowest BCUT2D eigenvalue weighted by Gasteiger charge is -2.32. The largest absolute Gasteiger partial charge is 0.481 e. The van der Waals surface area contributed by atoms with Crippen LogP contribution in [0.4, 0.5) is 10.5 Å². The van der Waals surface area contributed by atoms with Crippen molar-refractivity contribution in [2.24, 2.45) is 0 Å². The number of aliphatic carboxylic acids is 1. The second-order valence-electron chi connectivity index (χ2n) is 5.23. The van der Waals surface area contributed by atoms with Crippen molar-refractivity contribution in [2.75, 3.05) is 18.5 Å². The zero-order chi connectivity index (χ0) is 16.0. The van der Waals surface area contributed by atoms with Crippen molar-refractivity contribution in [1.29, 1.82) is 0 Å². The Morgan fingerprint density at radius 3 is 2.43 bits per heavy atom. The summed E-state index contributed by atoms with van der Waals surface area (Å²) in [6, 6.07) is 7.46. The summed E-state index contributed by atoms with van der Waals surface area (Å²) in [5, 5.41) is 8.90. The molecule has 0 fully saturated rings. The zero-order valence-corrected chi connectivity index (χ0v) is 13.2. The van der Waals surface area contributed by atoms with Gasteiger partial charge in [-0.05, 0) is 31.9 Å². The maximum atomic E-state index is 12.7. The number of hydrogen-bond acceptors (Lipinski definition) is 2. The first-order valence-corrected chi connectivity index (χ1v) is 7.20. The van der Waals surface area contributed by atoms with Crippen LogP contribution in [-0.2, 0) is 4.79 Å². The van der Waals surface area contributed by atoms with Crippen LogP contribution in [0.1, 0.15) is 32.3 Å². The van der Waals surface area contributed by atoms with Crippen molar-refractivity contribution in [3.8, 4) is 0 Å². The van der Waals surface area contributed by atoms with E-state index in [4.69, 9.17) is 5.11 Å². The molecule has 0 radical (unpaired) electrons. The Morgan fingerprint density at radius 2 is 1.90 bits per heavy atom. The minimum atomic E-state index is -0.910. The molecule has 1 aromatic carbocycles. The van der Waals surface area contributed by atoms with Crippen molar-refractivity contribution in [3.05, 3.63) is 29.8 Å². The third-order valence-corrected chi connectivity index (χ3v) is 3.74. The van der Waals surface area contributed by atoms with Gasteiger partial charge in [0, 0.05) is 25.3 Å². The molecule has 21 heavy (non-hydrogen) atoms. The first-order valence-electron chi connectivity index (χ1n) is 7.20. The first kappa shape index (κ1) is 17.0. The summed E-state index contributed by atoms with van der Waals surface area (Å²) in [6.07, 6.45) is 0.775. The van der Waals surface area contributed by atoms with E-state index in [2.05, 4.69) is 0 Å². The van der Waals surface area contributed by atoms with Gasteiger partial charge in [-0.1, -0.05) is 25.1 Å². The number of benzene rings is 1. The van der Waals surface area contributed by atoms with Crippen LogP contribution in [0.5, 0.6) is 0 Å². The van der Waals surface area contributed by atoms with Crippen molar-refractivity contribution in [1.82, 2.24) is 4.90 Å². The average Bonchev–Trinajstić information content (AvgIpc) is 2.46. The van der Waals surface area contributed by atoms with E-state index in [9.17, 15) is 9.59 Å². The molecule has 0 saturated carbocycles. The summed E-state index contributed by atoms with van der Waals surface area (Å²) in [5.74, 6) is -0.910. The highest BCUT2D eigenvalue weighted by atomic mass is 16.4. The summed E-state index contributed by atoms with van der Waals surface area (Å²) in [5.41, 5.74) is 1.72. The molecule has 1 unspecified atom stereocenters. The quantitative estimate of drug-likeness (QED) is 0.876. The van der Waals surface area contributed by atoms with Crippen LogP contribution in [0, 0.1) is 6.92 Å². The van der Waals surface area contributed by atoms with Gasteiger partial charge in [0.05, 0.1) is 6.42 Å². The van der Waals surface area contributed by atoms with E-state index in [1.54, 1.807) is 16.8 Å². The van der Waals surface area contributed by atoms with Gasteiger partial charge in [0.25, 0.3) is 0 Å². The Hall–Kier alpha value is -2.04. The van der Waals surface area contributed by atoms with E-state index >= 15 is 0 Å². The lowest BCUT2D eigenvalue weighted by atomic mass is 10.1. The van der Waals surface area contributed by atoms with Gasteiger partial charge < -0.3 is 10.0 Å². The van der Waals surface area contributed by atoms with Gasteiger partial charge in [0.2, 0.25) is 0 Å². The van der Waals surface area contributed by atoms with E-state index in [0.717, 1.165) is 17.7 Å². The molecule has 0 saturated heterocycles. The minimum Gasteiger partial charge on any atom is -0.481 e. The van der Waals surface area contributed by atoms with Crippen molar-refractivity contribution in [3.63, 3.8) is 0 Å². The highest BCUT2D eigenvalue weighted by Crippen LogP contribution is 2.21. The Labute approximate surface area is 126 Å². The molecule has 0 aliphatic heterocycles. The number of hydrogen-bond donors (Lipinski definition) is 1. The standard InChI is InChI=1S/C16H24N2O3/c1-5-13(3)17(4)16(21)18(11-10-15(19)20)14-9-7-6-8-12(14)2/h6-9,13H,5,10-11H2,1-4H3,(H,19,20). The number of rotatable bonds is 6. The van der Waals surface area contributed by atoms with Crippen LogP contribution < -0.4 is 4.90 Å². The van der Waals surface area contributed by atoms with E-state index in [1.165, 1.54) is 0 Å². The van der Waals surface area contributed by atoms with Crippen LogP contribution in [0.3, 0.4) is 0 Å². The van der Waals surface area contributed by atoms with Gasteiger partial charge in [0.15, 0.2) is 0 Å². The number of aryl methyl sites for hydroxylation is 1. The smallest absolute Gasteiger partial charge is 0.324 e. The summed E-state index contributed by atoms with van der Waals surface area (Å²) < 4.78 is 0. The summed E-state index contributed by atoms with van der Waals surface area (Å²) >= 11 is 0. The molecule has 5 heteroatoms. The molecule has 0 aromatic heterocycles. The molecule has 0 aliphatic rings. The molecule has 0 bridgehead atoms. The van der Waals surface area contributed by atoms with Crippen molar-refractivity contribution in [2.45, 2.75) is 39.7 Å². The lowest BCUT2D eigenvalue weighted by Crippen LogP contribution is -2.46. The normalized spacial score (nSPS) is 11.8. The molecule has 5 nitrogen and oxygen atoms in total. The topological polar surface area (TPSA) is 60.9 Å². The molecule has 1 rings (SSSR count). The maximum Gasteiger partial charge on any atom is 0.324 e. The molecule has 1 atom stereocenters. The summed E-state index contributed by atoms with van der Waals surface area (Å²) in [6.45, 7) is 6.08. The van der Waals surface area contributed by atoms with Gasteiger partial charge in [-0.3, -0.25) is 9.69 Å². The molecule has 1 N–H and O–H groups in total. The van der Waals surface area contributed by atoms with Gasteiger partial charge in [-0.15, -0.1) is 0 Å². The SMILES string of the molecule is CCC(C)N(C)C(=O)N(CCC(=O)O)c1ccccc1C. The van der Waals surface area contributed by atoms with Crippen LogP contribution in [-0.4, -0.2) is 41.6 Å². The fourth-order valence-electron chi connectivity index (χ4n) is 2.05. The Balaban J connectivity index is 3.05. The van der Waals surface area contributed by atoms with E-state index in [-0.39, 0.29) is 25.0 Å². The van der Waals surface area contributed by atoms with Crippen LogP contribution in [0.2, 0.25) is 0 Å². The molecule has 0 heterocycles. The number of nitrogens with zero attached hydrogens (tertiary/aromatic N) is 2. The third-order valence-electron chi connectivity index (χ3n) is 3.74. The highest BCUT2D eigenvalue weighted by Gasteiger charge is 2.24. The molecule has 2 amide bonds. The number of urea groups is 1. The van der Waals surface area contributed by atoms with Crippen LogP contribution >= 0.6 is 0 Å². The molecule has 1 aromatic rings. The number of amides is 2. The predicted octanol–water partition coefficient (Wildman–Crippen LogP) is 3.13. The minimum absolute atomic E-state index is 0.0750. The van der Waals surface area contributed by atoms with Gasteiger partial charge in [0.1, 0.15) is 0 Å². The van der Waals surface area contributed by atoms with E-state index < -0.39 is 5.97 Å². The summed E-state index contributed by atoms with van der Waals surface area (Å²) in [7, 11) is 1.75. The lowest BCUT2D eigenvalue weighted by molar-refractivity contribution is -0.136. The highest BCUT2D eigenvalue weighted by molar-refractivity contribution is 5.93. The molecule has 116 valence electrons. The third kappa shape index (κ3) is 4.48. The number of carbonyl (C=O) groups is 2. The van der Waals surface area contributed by atoms with Crippen molar-refractivity contribution < 1.29 is 14.7 Å². The Morgan fingerprint density at radius 1 is 1.29 bits per heavy atom. The number of carbonyl (C=O) groups excluding carboxylic acids is 1. The maximum absolute atomic E-state index is 12.7. The monoisotopic (exact) mass is 292 g/mol. The first-order chi connectivity index (χ1) is 9.88. The number of carboxylic acid groups (broad SMARTS) is 1. The van der Waals surface area contributed by atoms with E-state index in [1.807, 2.05) is 45.0 Å². The second-order valence-corrected chi connectivity index (χ2v) is 5.23. The molecular weight excluding hydrogens is 268 g/mol.